The SMILES string of the molecule is [2H]C([2H])([2H])Oc1cc([C@@H]2c3cc4c(cc3[C@@H](O[C@@H]3O[C@@H]5CO[C@@H](C)O[C@H]5[C@H](O)[C@H]3O)[C@H]3COC(=O)[C@H]23)OCO4)cc(OC([2H])([2H])[2H])c1O.[2H]C1([2H])OC(=O)[C@@H]2[C@H](c3cc(OC)c(O)c(OC)c3)c3cc4c(cc3[C@@H](O[C@@H]3O[C@@H]5CO[C@@H](C)O[C@H]5[C@H](O)[C@H]3O)[C@H]21)OCO4.[2H][C@@]1(c2cc(OC)c(O)c(OC)c2)c2cc3c(cc2[C@@H](O[C@@H]2O[C@@H]4CO[C@@H](C)O[C@H]4[C@H](O)[C@H]2O)[C@H]2COC(=O)[C@@H]21)OCO3. The van der Waals surface area contributed by atoms with E-state index in [9.17, 15) is 61.7 Å². The number of aliphatic hydroxyl groups is 6. The summed E-state index contributed by atoms with van der Waals surface area (Å²) in [5.41, 5.74) is 3.54. The molecule has 12 aliphatic heterocycles. The number of carbonyl (C=O) groups excluding carboxylic acids is 3. The first kappa shape index (κ1) is 75.0. The number of phenolic OH excluding ortho intramolecular Hbond substituents is 3. The molecule has 39 heteroatoms. The number of rotatable bonds is 15. The minimum Gasteiger partial charge on any atom is -0.502 e. The Hall–Kier alpha value is -9.99. The minimum absolute atomic E-state index is 0.0390. The molecule has 12 heterocycles. The van der Waals surface area contributed by atoms with Crippen molar-refractivity contribution in [3.05, 3.63) is 123 Å². The fraction of sp³-hybridized carbons (Fsp3) is 0.552. The molecule has 0 aromatic heterocycles. The molecular formula is C87H96O39. The Morgan fingerprint density at radius 3 is 1.02 bits per heavy atom. The molecule has 0 radical (unpaired) electrons. The summed E-state index contributed by atoms with van der Waals surface area (Å²) in [5.74, 6) is -11.8. The minimum atomic E-state index is -3.05. The highest BCUT2D eigenvalue weighted by Gasteiger charge is 2.61. The van der Waals surface area contributed by atoms with Crippen LogP contribution < -0.4 is 56.8 Å². The molecule has 39 nitrogen and oxygen atoms in total. The molecule has 0 amide bonds. The maximum Gasteiger partial charge on any atom is 0.310 e. The average Bonchev–Trinajstić information content (AvgIpc) is 1.61. The number of phenols is 3. The fourth-order valence-electron chi connectivity index (χ4n) is 19.5. The highest BCUT2D eigenvalue weighted by molar-refractivity contribution is 5.81. The van der Waals surface area contributed by atoms with Gasteiger partial charge in [0.2, 0.25) is 37.6 Å². The Labute approximate surface area is 731 Å². The van der Waals surface area contributed by atoms with Crippen LogP contribution in [-0.2, 0) is 85.4 Å². The number of aromatic hydroxyl groups is 3. The maximum atomic E-state index is 13.6. The predicted molar refractivity (Wildman–Crippen MR) is 415 cm³/mol. The summed E-state index contributed by atoms with van der Waals surface area (Å²) in [7, 11) is -0.607. The zero-order valence-corrected chi connectivity index (χ0v) is 68.1. The number of aliphatic hydroxyl groups excluding tert-OH is 6. The van der Waals surface area contributed by atoms with E-state index in [0.29, 0.717) is 79.0 Å². The largest absolute Gasteiger partial charge is 0.502 e. The first-order valence-corrected chi connectivity index (χ1v) is 40.6. The van der Waals surface area contributed by atoms with Gasteiger partial charge in [0.15, 0.2) is 107 Å². The number of benzene rings is 6. The normalized spacial score (nSPS) is 38.7. The standard InChI is InChI=1S/3C29H32O13/c3*1-11-36-9-20-27(40-11)24(31)25(32)29(41-20)42-26-14-7-17-16(38-10-39-17)6-13(14)21(22-15(26)8-37-28(22)33)12-4-18(34-2)23(30)19(5-12)35-3/h3*4-7,11,15,20-22,24-27,29-32H,8-10H2,1-3H3/t3*11-,15+,20-,21-,22+,24-,25-,26-,27-,29+/m111/s1/i2D3,3D3;21D;8D2. The monoisotopic (exact) mass is 1770 g/mol. The lowest BCUT2D eigenvalue weighted by atomic mass is 9.66. The van der Waals surface area contributed by atoms with E-state index in [-0.39, 0.29) is 93.5 Å². The first-order valence-electron chi connectivity index (χ1n) is 45.1. The molecule has 15 aliphatic rings. The second-order valence-corrected chi connectivity index (χ2v) is 32.3. The Kier molecular flexibility index (Phi) is 20.4. The number of cyclic esters (lactones) is 3. The van der Waals surface area contributed by atoms with Crippen LogP contribution in [0.1, 0.15) is 119 Å². The van der Waals surface area contributed by atoms with Crippen LogP contribution in [0, 0.1) is 35.5 Å². The number of methoxy groups -OCH3 is 6. The number of carbonyl (C=O) groups is 3. The van der Waals surface area contributed by atoms with Gasteiger partial charge in [-0.25, -0.2) is 0 Å². The Bertz CT molecular complexity index is 5450. The molecule has 9 fully saturated rings. The molecule has 678 valence electrons. The molecule has 3 aliphatic carbocycles. The number of ether oxygens (including phenoxy) is 27. The number of fused-ring (bicyclic) bond motifs is 12. The summed E-state index contributed by atoms with van der Waals surface area (Å²) in [6.07, 6.45) is -22.8. The summed E-state index contributed by atoms with van der Waals surface area (Å²) >= 11 is 0. The van der Waals surface area contributed by atoms with Crippen LogP contribution in [-0.4, -0.2) is 277 Å². The van der Waals surface area contributed by atoms with Crippen LogP contribution in [0.4, 0.5) is 0 Å². The van der Waals surface area contributed by atoms with Crippen molar-refractivity contribution >= 4 is 17.9 Å². The van der Waals surface area contributed by atoms with Crippen molar-refractivity contribution in [3.63, 3.8) is 0 Å². The number of hydrogen-bond acceptors (Lipinski definition) is 39. The van der Waals surface area contributed by atoms with Gasteiger partial charge in [-0.2, -0.15) is 0 Å². The lowest BCUT2D eigenvalue weighted by Gasteiger charge is -2.47. The first-order chi connectivity index (χ1) is 64.2. The van der Waals surface area contributed by atoms with Crippen LogP contribution in [0.2, 0.25) is 0 Å². The van der Waals surface area contributed by atoms with Gasteiger partial charge < -0.3 is 174 Å². The molecule has 0 unspecified atom stereocenters. The maximum absolute atomic E-state index is 13.6. The van der Waals surface area contributed by atoms with Crippen molar-refractivity contribution in [3.8, 4) is 86.2 Å². The topological polar surface area (TPSA) is 482 Å². The zero-order chi connectivity index (χ0) is 95.6. The van der Waals surface area contributed by atoms with Gasteiger partial charge >= 0.3 is 17.9 Å². The lowest BCUT2D eigenvalue weighted by Crippen LogP contribution is -2.63. The van der Waals surface area contributed by atoms with Gasteiger partial charge in [-0.3, -0.25) is 14.4 Å². The molecule has 126 heavy (non-hydrogen) atoms. The quantitative estimate of drug-likeness (QED) is 0.0518. The predicted octanol–water partition coefficient (Wildman–Crippen LogP) is 4.02. The van der Waals surface area contributed by atoms with E-state index in [1.165, 1.54) is 52.7 Å². The third-order valence-corrected chi connectivity index (χ3v) is 25.5. The Morgan fingerprint density at radius 1 is 0.349 bits per heavy atom. The van der Waals surface area contributed by atoms with Crippen LogP contribution >= 0.6 is 0 Å². The van der Waals surface area contributed by atoms with Crippen LogP contribution in [0.25, 0.3) is 0 Å². The molecule has 9 N–H and O–H groups in total. The lowest BCUT2D eigenvalue weighted by molar-refractivity contribution is -0.364. The van der Waals surface area contributed by atoms with E-state index in [1.54, 1.807) is 69.3 Å². The van der Waals surface area contributed by atoms with E-state index in [2.05, 4.69) is 0 Å². The Balaban J connectivity index is 0.000000130. The van der Waals surface area contributed by atoms with Gasteiger partial charge in [-0.1, -0.05) is 0 Å². The summed E-state index contributed by atoms with van der Waals surface area (Å²) < 4.78 is 226. The smallest absolute Gasteiger partial charge is 0.310 e. The Morgan fingerprint density at radius 2 is 0.651 bits per heavy atom. The van der Waals surface area contributed by atoms with Gasteiger partial charge in [0.1, 0.15) is 73.2 Å². The van der Waals surface area contributed by atoms with Crippen molar-refractivity contribution in [2.45, 2.75) is 168 Å². The summed E-state index contributed by atoms with van der Waals surface area (Å²) in [6.45, 7) is 2.30. The fourth-order valence-corrected chi connectivity index (χ4v) is 19.5. The molecular weight excluding hydrogens is 1670 g/mol. The highest BCUT2D eigenvalue weighted by Crippen LogP contribution is 2.62. The molecule has 21 rings (SSSR count). The number of hydrogen-bond donors (Lipinski definition) is 9. The zero-order valence-electron chi connectivity index (χ0n) is 77.1. The molecule has 0 spiro atoms. The van der Waals surface area contributed by atoms with Crippen molar-refractivity contribution in [1.82, 2.24) is 0 Å². The van der Waals surface area contributed by atoms with Crippen molar-refractivity contribution in [2.24, 2.45) is 35.5 Å². The van der Waals surface area contributed by atoms with E-state index in [4.69, 9.17) is 139 Å². The summed E-state index contributed by atoms with van der Waals surface area (Å²) in [4.78, 5) is 40.6. The molecule has 0 bridgehead atoms. The summed E-state index contributed by atoms with van der Waals surface area (Å²) in [6, 6.07) is 18.3. The molecule has 6 aromatic rings. The van der Waals surface area contributed by atoms with Crippen molar-refractivity contribution < 1.29 is 201 Å². The molecule has 0 saturated carbocycles. The molecule has 30 atom stereocenters. The van der Waals surface area contributed by atoms with E-state index >= 15 is 0 Å². The number of esters is 3. The van der Waals surface area contributed by atoms with Crippen molar-refractivity contribution in [2.75, 3.05) is 102 Å². The second kappa shape index (κ2) is 34.2. The van der Waals surface area contributed by atoms with Crippen LogP contribution in [0.15, 0.2) is 72.8 Å². The van der Waals surface area contributed by atoms with Gasteiger partial charge in [0.25, 0.3) is 0 Å². The van der Waals surface area contributed by atoms with E-state index < -0.39 is 238 Å². The van der Waals surface area contributed by atoms with Gasteiger partial charge in [-0.05, 0) is 144 Å². The van der Waals surface area contributed by atoms with Crippen molar-refractivity contribution in [1.29, 1.82) is 0 Å². The van der Waals surface area contributed by atoms with E-state index in [1.807, 2.05) is 0 Å². The van der Waals surface area contributed by atoms with E-state index in [0.717, 1.165) is 0 Å². The molecule has 6 aromatic carbocycles. The molecule has 9 saturated heterocycles. The third kappa shape index (κ3) is 14.8. The van der Waals surface area contributed by atoms with Gasteiger partial charge in [-0.15, -0.1) is 0 Å². The van der Waals surface area contributed by atoms with Gasteiger partial charge in [0.05, 0.1) is 129 Å². The second-order valence-electron chi connectivity index (χ2n) is 32.3. The highest BCUT2D eigenvalue weighted by atomic mass is 16.8. The van der Waals surface area contributed by atoms with Gasteiger partial charge in [0, 0.05) is 36.9 Å². The van der Waals surface area contributed by atoms with Crippen LogP contribution in [0.3, 0.4) is 0 Å². The van der Waals surface area contributed by atoms with Crippen LogP contribution in [0.5, 0.6) is 86.2 Å². The average molecular weight is 1770 g/mol. The summed E-state index contributed by atoms with van der Waals surface area (Å²) in [5, 5.41) is 98.0. The third-order valence-electron chi connectivity index (χ3n) is 25.5.